The van der Waals surface area contributed by atoms with Crippen LogP contribution >= 0.6 is 0 Å². The molecule has 0 N–H and O–H groups in total. The first kappa shape index (κ1) is 20.1. The van der Waals surface area contributed by atoms with Crippen LogP contribution in [0.1, 0.15) is 60.8 Å². The largest absolute Gasteiger partial charge is 0.293 e. The minimum absolute atomic E-state index is 0.939. The molecule has 0 aliphatic rings. The van der Waals surface area contributed by atoms with E-state index in [0.29, 0.717) is 0 Å². The Morgan fingerprint density at radius 3 is 1.27 bits per heavy atom. The SMILES string of the molecule is Cc1ccc(C=NCCCCCCCCN=Cc2ccc(C)cc2)cc1. The Labute approximate surface area is 159 Å². The van der Waals surface area contributed by atoms with Crippen LogP contribution < -0.4 is 0 Å². The van der Waals surface area contributed by atoms with E-state index in [1.165, 1.54) is 60.8 Å². The van der Waals surface area contributed by atoms with Crippen LogP contribution in [0.15, 0.2) is 58.5 Å². The average Bonchev–Trinajstić information content (AvgIpc) is 2.65. The Balaban J connectivity index is 1.43. The number of unbranched alkanes of at least 4 members (excludes halogenated alkanes) is 5. The van der Waals surface area contributed by atoms with Gasteiger partial charge in [-0.1, -0.05) is 85.3 Å². The maximum Gasteiger partial charge on any atom is 0.0389 e. The second-order valence-corrected chi connectivity index (χ2v) is 7.01. The summed E-state index contributed by atoms with van der Waals surface area (Å²) in [6.07, 6.45) is 11.5. The highest BCUT2D eigenvalue weighted by Crippen LogP contribution is 2.06. The molecular formula is C24H32N2. The summed E-state index contributed by atoms with van der Waals surface area (Å²) in [7, 11) is 0. The lowest BCUT2D eigenvalue weighted by Crippen LogP contribution is -1.88. The lowest BCUT2D eigenvalue weighted by Gasteiger charge is -2.00. The van der Waals surface area contributed by atoms with Gasteiger partial charge in [0.05, 0.1) is 0 Å². The summed E-state index contributed by atoms with van der Waals surface area (Å²) < 4.78 is 0. The van der Waals surface area contributed by atoms with Crippen LogP contribution in [-0.4, -0.2) is 25.5 Å². The quantitative estimate of drug-likeness (QED) is 0.342. The molecule has 138 valence electrons. The van der Waals surface area contributed by atoms with Crippen molar-refractivity contribution in [3.63, 3.8) is 0 Å². The zero-order valence-electron chi connectivity index (χ0n) is 16.3. The van der Waals surface area contributed by atoms with Gasteiger partial charge in [-0.05, 0) is 37.8 Å². The monoisotopic (exact) mass is 348 g/mol. The van der Waals surface area contributed by atoms with Gasteiger partial charge in [0.2, 0.25) is 0 Å². The highest BCUT2D eigenvalue weighted by Gasteiger charge is 1.92. The smallest absolute Gasteiger partial charge is 0.0389 e. The molecule has 0 saturated carbocycles. The van der Waals surface area contributed by atoms with Crippen LogP contribution in [0.2, 0.25) is 0 Å². The average molecular weight is 349 g/mol. The van der Waals surface area contributed by atoms with Crippen molar-refractivity contribution >= 4 is 12.4 Å². The molecular weight excluding hydrogens is 316 g/mol. The summed E-state index contributed by atoms with van der Waals surface area (Å²) in [5, 5.41) is 0. The molecule has 0 aliphatic heterocycles. The summed E-state index contributed by atoms with van der Waals surface area (Å²) in [4.78, 5) is 9.04. The maximum absolute atomic E-state index is 4.52. The van der Waals surface area contributed by atoms with Gasteiger partial charge < -0.3 is 0 Å². The minimum atomic E-state index is 0.939. The second-order valence-electron chi connectivity index (χ2n) is 7.01. The second kappa shape index (κ2) is 12.2. The molecule has 2 aromatic carbocycles. The summed E-state index contributed by atoms with van der Waals surface area (Å²) in [5.41, 5.74) is 4.98. The van der Waals surface area contributed by atoms with Gasteiger partial charge in [0.15, 0.2) is 0 Å². The van der Waals surface area contributed by atoms with E-state index in [4.69, 9.17) is 0 Å². The molecule has 2 heteroatoms. The van der Waals surface area contributed by atoms with Crippen LogP contribution in [0.3, 0.4) is 0 Å². The third kappa shape index (κ3) is 8.75. The molecule has 0 aromatic heterocycles. The molecule has 2 nitrogen and oxygen atoms in total. The fraction of sp³-hybridized carbons (Fsp3) is 0.417. The summed E-state index contributed by atoms with van der Waals surface area (Å²) >= 11 is 0. The summed E-state index contributed by atoms with van der Waals surface area (Å²) in [6, 6.07) is 17.0. The molecule has 0 unspecified atom stereocenters. The molecule has 0 heterocycles. The van der Waals surface area contributed by atoms with Gasteiger partial charge in [0.25, 0.3) is 0 Å². The van der Waals surface area contributed by atoms with Gasteiger partial charge >= 0.3 is 0 Å². The third-order valence-corrected chi connectivity index (χ3v) is 4.46. The number of aliphatic imine (C=N–C) groups is 2. The van der Waals surface area contributed by atoms with Crippen molar-refractivity contribution in [3.05, 3.63) is 70.8 Å². The van der Waals surface area contributed by atoms with E-state index in [2.05, 4.69) is 72.4 Å². The first-order chi connectivity index (χ1) is 12.7. The summed E-state index contributed by atoms with van der Waals surface area (Å²) in [5.74, 6) is 0. The van der Waals surface area contributed by atoms with Gasteiger partial charge in [0, 0.05) is 25.5 Å². The number of hydrogen-bond donors (Lipinski definition) is 0. The number of aryl methyl sites for hydroxylation is 2. The Kier molecular flexibility index (Phi) is 9.42. The van der Waals surface area contributed by atoms with E-state index < -0.39 is 0 Å². The molecule has 0 aliphatic carbocycles. The molecule has 0 bridgehead atoms. The predicted molar refractivity (Wildman–Crippen MR) is 115 cm³/mol. The Hall–Kier alpha value is -2.22. The Morgan fingerprint density at radius 1 is 0.538 bits per heavy atom. The van der Waals surface area contributed by atoms with Crippen molar-refractivity contribution in [2.45, 2.75) is 52.4 Å². The minimum Gasteiger partial charge on any atom is -0.293 e. The number of nitrogens with zero attached hydrogens (tertiary/aromatic N) is 2. The van der Waals surface area contributed by atoms with Gasteiger partial charge in [-0.15, -0.1) is 0 Å². The first-order valence-corrected chi connectivity index (χ1v) is 9.87. The molecule has 0 fully saturated rings. The maximum atomic E-state index is 4.52. The fourth-order valence-corrected chi connectivity index (χ4v) is 2.76. The van der Waals surface area contributed by atoms with Crippen LogP contribution in [-0.2, 0) is 0 Å². The standard InChI is InChI=1S/C24H32N2/c1-21-9-13-23(14-10-21)19-25-17-7-5-3-4-6-8-18-26-20-24-15-11-22(2)12-16-24/h9-16,19-20H,3-8,17-18H2,1-2H3. The lowest BCUT2D eigenvalue weighted by molar-refractivity contribution is 0.602. The van der Waals surface area contributed by atoms with Crippen LogP contribution in [0.25, 0.3) is 0 Å². The van der Waals surface area contributed by atoms with Crippen LogP contribution in [0, 0.1) is 13.8 Å². The van der Waals surface area contributed by atoms with Crippen molar-refractivity contribution in [2.24, 2.45) is 9.98 Å². The van der Waals surface area contributed by atoms with E-state index >= 15 is 0 Å². The fourth-order valence-electron chi connectivity index (χ4n) is 2.76. The number of benzene rings is 2. The van der Waals surface area contributed by atoms with Crippen molar-refractivity contribution < 1.29 is 0 Å². The highest BCUT2D eigenvalue weighted by molar-refractivity contribution is 5.79. The van der Waals surface area contributed by atoms with Crippen LogP contribution in [0.4, 0.5) is 0 Å². The molecule has 2 aromatic rings. The lowest BCUT2D eigenvalue weighted by atomic mass is 10.1. The van der Waals surface area contributed by atoms with Gasteiger partial charge in [-0.25, -0.2) is 0 Å². The molecule has 0 radical (unpaired) electrons. The van der Waals surface area contributed by atoms with Crippen molar-refractivity contribution in [3.8, 4) is 0 Å². The molecule has 0 spiro atoms. The third-order valence-electron chi connectivity index (χ3n) is 4.46. The van der Waals surface area contributed by atoms with E-state index in [1.807, 2.05) is 12.4 Å². The van der Waals surface area contributed by atoms with Crippen molar-refractivity contribution in [1.82, 2.24) is 0 Å². The summed E-state index contributed by atoms with van der Waals surface area (Å²) in [6.45, 7) is 6.10. The normalized spacial score (nSPS) is 11.6. The van der Waals surface area contributed by atoms with E-state index in [0.717, 1.165) is 13.1 Å². The molecule has 2 rings (SSSR count). The Bertz CT molecular complexity index is 605. The van der Waals surface area contributed by atoms with E-state index in [9.17, 15) is 0 Å². The predicted octanol–water partition coefficient (Wildman–Crippen LogP) is 6.18. The molecule has 26 heavy (non-hydrogen) atoms. The molecule has 0 saturated heterocycles. The zero-order valence-corrected chi connectivity index (χ0v) is 16.3. The van der Waals surface area contributed by atoms with E-state index in [-0.39, 0.29) is 0 Å². The van der Waals surface area contributed by atoms with Gasteiger partial charge in [-0.3, -0.25) is 9.98 Å². The Morgan fingerprint density at radius 2 is 0.885 bits per heavy atom. The molecule has 0 atom stereocenters. The molecule has 0 amide bonds. The zero-order chi connectivity index (χ0) is 18.5. The van der Waals surface area contributed by atoms with E-state index in [1.54, 1.807) is 0 Å². The van der Waals surface area contributed by atoms with Crippen LogP contribution in [0.5, 0.6) is 0 Å². The van der Waals surface area contributed by atoms with Crippen molar-refractivity contribution in [2.75, 3.05) is 13.1 Å². The number of hydrogen-bond acceptors (Lipinski definition) is 2. The van der Waals surface area contributed by atoms with Crippen molar-refractivity contribution in [1.29, 1.82) is 0 Å². The van der Waals surface area contributed by atoms with Gasteiger partial charge in [-0.2, -0.15) is 0 Å². The number of rotatable bonds is 11. The first-order valence-electron chi connectivity index (χ1n) is 9.87. The topological polar surface area (TPSA) is 24.7 Å². The highest BCUT2D eigenvalue weighted by atomic mass is 14.7. The van der Waals surface area contributed by atoms with Gasteiger partial charge in [0.1, 0.15) is 0 Å².